The van der Waals surface area contributed by atoms with Crippen molar-refractivity contribution in [2.24, 2.45) is 0 Å². The van der Waals surface area contributed by atoms with E-state index in [1.165, 1.54) is 12.1 Å². The van der Waals surface area contributed by atoms with E-state index in [-0.39, 0.29) is 24.4 Å². The lowest BCUT2D eigenvalue weighted by Crippen LogP contribution is -2.44. The van der Waals surface area contributed by atoms with Gasteiger partial charge in [-0.3, -0.25) is 0 Å². The monoisotopic (exact) mass is 226 g/mol. The van der Waals surface area contributed by atoms with Crippen molar-refractivity contribution in [3.63, 3.8) is 0 Å². The second-order valence-corrected chi connectivity index (χ2v) is 3.91. The van der Waals surface area contributed by atoms with Crippen LogP contribution in [0.5, 0.6) is 0 Å². The van der Waals surface area contributed by atoms with Gasteiger partial charge in [0.2, 0.25) is 0 Å². The number of nitrogens with one attached hydrogen (secondary N) is 1. The van der Waals surface area contributed by atoms with E-state index in [2.05, 4.69) is 5.32 Å². The molecule has 5 heteroatoms. The van der Waals surface area contributed by atoms with E-state index in [0.29, 0.717) is 5.69 Å². The van der Waals surface area contributed by atoms with Crippen LogP contribution in [0.1, 0.15) is 18.4 Å². The Kier molecular flexibility index (Phi) is 2.50. The summed E-state index contributed by atoms with van der Waals surface area (Å²) >= 11 is 0. The predicted octanol–water partition coefficient (Wildman–Crippen LogP) is 2.91. The molecule has 0 saturated heterocycles. The van der Waals surface area contributed by atoms with E-state index >= 15 is 0 Å². The van der Waals surface area contributed by atoms with Crippen LogP contribution in [-0.2, 0) is 0 Å². The van der Waals surface area contributed by atoms with Gasteiger partial charge in [0.05, 0.1) is 5.56 Å². The highest BCUT2D eigenvalue weighted by molar-refractivity contribution is 5.49. The van der Waals surface area contributed by atoms with Crippen LogP contribution in [-0.4, -0.2) is 12.0 Å². The summed E-state index contributed by atoms with van der Waals surface area (Å²) in [4.78, 5) is 0. The first kappa shape index (κ1) is 10.8. The summed E-state index contributed by atoms with van der Waals surface area (Å²) in [5.41, 5.74) is 0.376. The molecule has 0 bridgehead atoms. The lowest BCUT2D eigenvalue weighted by Gasteiger charge is -2.36. The average Bonchev–Trinajstić information content (AvgIpc) is 2.15. The van der Waals surface area contributed by atoms with Gasteiger partial charge in [-0.05, 0) is 18.2 Å². The maximum atomic E-state index is 13.2. The van der Waals surface area contributed by atoms with Crippen LogP contribution in [0.25, 0.3) is 0 Å². The van der Waals surface area contributed by atoms with E-state index in [1.54, 1.807) is 6.07 Å². The third-order valence-electron chi connectivity index (χ3n) is 2.55. The van der Waals surface area contributed by atoms with Gasteiger partial charge in [-0.1, -0.05) is 0 Å². The fourth-order valence-corrected chi connectivity index (χ4v) is 1.69. The summed E-state index contributed by atoms with van der Waals surface area (Å²) in [7, 11) is 0. The minimum atomic E-state index is -2.59. The minimum Gasteiger partial charge on any atom is -0.382 e. The first-order valence-corrected chi connectivity index (χ1v) is 4.84. The van der Waals surface area contributed by atoms with E-state index in [0.717, 1.165) is 6.07 Å². The number of nitrogens with zero attached hydrogens (tertiary/aromatic N) is 1. The number of halogens is 3. The van der Waals surface area contributed by atoms with E-state index < -0.39 is 11.7 Å². The molecule has 1 fully saturated rings. The molecule has 1 aliphatic rings. The van der Waals surface area contributed by atoms with Gasteiger partial charge in [0.25, 0.3) is 5.92 Å². The third-order valence-corrected chi connectivity index (χ3v) is 2.55. The number of benzene rings is 1. The molecule has 0 radical (unpaired) electrons. The number of nitriles is 1. The summed E-state index contributed by atoms with van der Waals surface area (Å²) in [5, 5.41) is 11.3. The van der Waals surface area contributed by atoms with Gasteiger partial charge < -0.3 is 5.32 Å². The summed E-state index contributed by atoms with van der Waals surface area (Å²) in [6.45, 7) is 0. The highest BCUT2D eigenvalue weighted by Crippen LogP contribution is 2.39. The van der Waals surface area contributed by atoms with Crippen molar-refractivity contribution in [3.8, 4) is 6.07 Å². The quantitative estimate of drug-likeness (QED) is 0.841. The summed E-state index contributed by atoms with van der Waals surface area (Å²) in [5.74, 6) is -3.23. The van der Waals surface area contributed by atoms with Crippen LogP contribution in [0.4, 0.5) is 18.9 Å². The number of hydrogen-bond acceptors (Lipinski definition) is 2. The molecule has 1 aromatic rings. The zero-order chi connectivity index (χ0) is 11.8. The molecule has 0 aromatic heterocycles. The molecule has 2 nitrogen and oxygen atoms in total. The zero-order valence-electron chi connectivity index (χ0n) is 8.30. The SMILES string of the molecule is N#Cc1ccc(NC2CC(F)(F)C2)cc1F. The van der Waals surface area contributed by atoms with Crippen LogP contribution in [0.15, 0.2) is 18.2 Å². The predicted molar refractivity (Wildman–Crippen MR) is 52.7 cm³/mol. The van der Waals surface area contributed by atoms with Crippen molar-refractivity contribution in [2.45, 2.75) is 24.8 Å². The van der Waals surface area contributed by atoms with Crippen molar-refractivity contribution >= 4 is 5.69 Å². The molecule has 16 heavy (non-hydrogen) atoms. The van der Waals surface area contributed by atoms with Gasteiger partial charge >= 0.3 is 0 Å². The van der Waals surface area contributed by atoms with Crippen LogP contribution >= 0.6 is 0 Å². The van der Waals surface area contributed by atoms with Gasteiger partial charge in [0, 0.05) is 24.6 Å². The molecule has 0 unspecified atom stereocenters. The molecule has 84 valence electrons. The Morgan fingerprint density at radius 2 is 2.06 bits per heavy atom. The lowest BCUT2D eigenvalue weighted by molar-refractivity contribution is -0.0793. The molecule has 1 aromatic carbocycles. The lowest BCUT2D eigenvalue weighted by atomic mass is 9.88. The van der Waals surface area contributed by atoms with Crippen LogP contribution in [0, 0.1) is 17.1 Å². The molecule has 0 spiro atoms. The van der Waals surface area contributed by atoms with Crippen LogP contribution in [0.2, 0.25) is 0 Å². The minimum absolute atomic E-state index is 0.0514. The number of alkyl halides is 2. The summed E-state index contributed by atoms with van der Waals surface area (Å²) < 4.78 is 38.2. The van der Waals surface area contributed by atoms with E-state index in [1.807, 2.05) is 0 Å². The molecule has 0 amide bonds. The largest absolute Gasteiger partial charge is 0.382 e. The Morgan fingerprint density at radius 1 is 1.38 bits per heavy atom. The summed E-state index contributed by atoms with van der Waals surface area (Å²) in [6, 6.07) is 5.36. The normalized spacial score (nSPS) is 18.6. The molecule has 0 heterocycles. The average molecular weight is 226 g/mol. The fourth-order valence-electron chi connectivity index (χ4n) is 1.69. The molecule has 1 N–H and O–H groups in total. The number of hydrogen-bond donors (Lipinski definition) is 1. The van der Waals surface area contributed by atoms with Gasteiger partial charge in [-0.15, -0.1) is 0 Å². The number of rotatable bonds is 2. The second kappa shape index (κ2) is 3.71. The Balaban J connectivity index is 2.02. The first-order valence-electron chi connectivity index (χ1n) is 4.84. The number of anilines is 1. The Labute approximate surface area is 90.7 Å². The smallest absolute Gasteiger partial charge is 0.252 e. The summed E-state index contributed by atoms with van der Waals surface area (Å²) in [6.07, 6.45) is -0.455. The van der Waals surface area contributed by atoms with Crippen LogP contribution in [0.3, 0.4) is 0 Å². The van der Waals surface area contributed by atoms with Gasteiger partial charge in [0.15, 0.2) is 0 Å². The Hall–Kier alpha value is -1.70. The maximum absolute atomic E-state index is 13.2. The third kappa shape index (κ3) is 2.11. The van der Waals surface area contributed by atoms with Crippen molar-refractivity contribution < 1.29 is 13.2 Å². The van der Waals surface area contributed by atoms with Crippen molar-refractivity contribution in [3.05, 3.63) is 29.6 Å². The van der Waals surface area contributed by atoms with E-state index in [4.69, 9.17) is 5.26 Å². The molecule has 1 saturated carbocycles. The van der Waals surface area contributed by atoms with E-state index in [9.17, 15) is 13.2 Å². The van der Waals surface area contributed by atoms with Crippen molar-refractivity contribution in [1.82, 2.24) is 0 Å². The van der Waals surface area contributed by atoms with Gasteiger partial charge in [-0.25, -0.2) is 13.2 Å². The topological polar surface area (TPSA) is 35.8 Å². The Morgan fingerprint density at radius 3 is 2.56 bits per heavy atom. The molecule has 2 rings (SSSR count). The molecular weight excluding hydrogens is 217 g/mol. The van der Waals surface area contributed by atoms with Crippen molar-refractivity contribution in [2.75, 3.05) is 5.32 Å². The Bertz CT molecular complexity index is 443. The van der Waals surface area contributed by atoms with Crippen LogP contribution < -0.4 is 5.32 Å². The first-order chi connectivity index (χ1) is 7.50. The second-order valence-electron chi connectivity index (χ2n) is 3.91. The van der Waals surface area contributed by atoms with Crippen molar-refractivity contribution in [1.29, 1.82) is 5.26 Å². The fraction of sp³-hybridized carbons (Fsp3) is 0.364. The molecule has 0 atom stereocenters. The zero-order valence-corrected chi connectivity index (χ0v) is 8.30. The van der Waals surface area contributed by atoms with Gasteiger partial charge in [-0.2, -0.15) is 5.26 Å². The van der Waals surface area contributed by atoms with Gasteiger partial charge in [0.1, 0.15) is 11.9 Å². The highest BCUT2D eigenvalue weighted by Gasteiger charge is 2.45. The molecular formula is C11H9F3N2. The molecule has 0 aliphatic heterocycles. The maximum Gasteiger partial charge on any atom is 0.252 e. The molecule has 1 aliphatic carbocycles. The highest BCUT2D eigenvalue weighted by atomic mass is 19.3. The standard InChI is InChI=1S/C11H9F3N2/c12-10-3-8(2-1-7(10)6-15)16-9-4-11(13,14)5-9/h1-3,9,16H,4-5H2.